The van der Waals surface area contributed by atoms with Crippen LogP contribution in [0.25, 0.3) is 0 Å². The standard InChI is InChI=1S/C17H26N2O2/c1-17(2,3)21-16(20)19-15-9-5-7-13(11-15)12-6-4-8-14(18)10-12/h4,6,8,10,13,15H,5,7,9,11,18H2,1-3H3,(H,19,20)/t13-,15+/m1/s1. The van der Waals surface area contributed by atoms with E-state index in [-0.39, 0.29) is 12.1 Å². The van der Waals surface area contributed by atoms with Crippen LogP contribution in [0.1, 0.15) is 57.9 Å². The van der Waals surface area contributed by atoms with Gasteiger partial charge in [-0.2, -0.15) is 0 Å². The maximum atomic E-state index is 11.9. The second-order valence-corrected chi connectivity index (χ2v) is 6.88. The summed E-state index contributed by atoms with van der Waals surface area (Å²) < 4.78 is 5.33. The molecular weight excluding hydrogens is 264 g/mol. The number of hydrogen-bond acceptors (Lipinski definition) is 3. The van der Waals surface area contributed by atoms with Gasteiger partial charge >= 0.3 is 6.09 Å². The first-order valence-corrected chi connectivity index (χ1v) is 7.68. The van der Waals surface area contributed by atoms with Gasteiger partial charge < -0.3 is 15.8 Å². The molecule has 1 aliphatic carbocycles. The maximum Gasteiger partial charge on any atom is 0.407 e. The van der Waals surface area contributed by atoms with Crippen molar-refractivity contribution in [1.29, 1.82) is 0 Å². The number of carbonyl (C=O) groups is 1. The normalized spacial score (nSPS) is 22.6. The third-order valence-electron chi connectivity index (χ3n) is 3.78. The van der Waals surface area contributed by atoms with Crippen LogP contribution in [0.3, 0.4) is 0 Å². The zero-order valence-corrected chi connectivity index (χ0v) is 13.2. The van der Waals surface area contributed by atoms with Gasteiger partial charge in [-0.15, -0.1) is 0 Å². The number of benzene rings is 1. The van der Waals surface area contributed by atoms with Crippen LogP contribution in [0, 0.1) is 0 Å². The van der Waals surface area contributed by atoms with Gasteiger partial charge in [0, 0.05) is 11.7 Å². The summed E-state index contributed by atoms with van der Waals surface area (Å²) in [6.45, 7) is 5.63. The van der Waals surface area contributed by atoms with Gasteiger partial charge in [-0.25, -0.2) is 4.79 Å². The fourth-order valence-electron chi connectivity index (χ4n) is 2.91. The van der Waals surface area contributed by atoms with Crippen molar-refractivity contribution in [2.24, 2.45) is 0 Å². The van der Waals surface area contributed by atoms with E-state index in [2.05, 4.69) is 11.4 Å². The predicted octanol–water partition coefficient (Wildman–Crippen LogP) is 3.82. The van der Waals surface area contributed by atoms with Crippen molar-refractivity contribution in [1.82, 2.24) is 5.32 Å². The van der Waals surface area contributed by atoms with Crippen LogP contribution in [0.4, 0.5) is 10.5 Å². The summed E-state index contributed by atoms with van der Waals surface area (Å²) in [6, 6.07) is 8.25. The first-order valence-electron chi connectivity index (χ1n) is 7.68. The molecule has 1 aromatic carbocycles. The molecule has 1 aliphatic rings. The van der Waals surface area contributed by atoms with Gasteiger partial charge in [-0.1, -0.05) is 18.6 Å². The van der Waals surface area contributed by atoms with E-state index in [0.29, 0.717) is 5.92 Å². The number of nitrogens with two attached hydrogens (primary N) is 1. The Labute approximate surface area is 127 Å². The first-order chi connectivity index (χ1) is 9.83. The van der Waals surface area contributed by atoms with Gasteiger partial charge in [0.15, 0.2) is 0 Å². The molecule has 1 aromatic rings. The molecule has 21 heavy (non-hydrogen) atoms. The number of anilines is 1. The summed E-state index contributed by atoms with van der Waals surface area (Å²) in [7, 11) is 0. The van der Waals surface area contributed by atoms with Gasteiger partial charge in [0.1, 0.15) is 5.60 Å². The molecule has 1 amide bonds. The third-order valence-corrected chi connectivity index (χ3v) is 3.78. The summed E-state index contributed by atoms with van der Waals surface area (Å²) in [4.78, 5) is 11.9. The Hall–Kier alpha value is -1.71. The molecule has 0 heterocycles. The molecule has 0 spiro atoms. The van der Waals surface area contributed by atoms with Gasteiger partial charge in [-0.05, 0) is 63.6 Å². The van der Waals surface area contributed by atoms with Gasteiger partial charge in [-0.3, -0.25) is 0 Å². The smallest absolute Gasteiger partial charge is 0.407 e. The zero-order chi connectivity index (χ0) is 15.5. The highest BCUT2D eigenvalue weighted by Crippen LogP contribution is 2.33. The second kappa shape index (κ2) is 6.37. The van der Waals surface area contributed by atoms with E-state index in [1.807, 2.05) is 39.0 Å². The van der Waals surface area contributed by atoms with Crippen LogP contribution in [0.2, 0.25) is 0 Å². The molecule has 0 aliphatic heterocycles. The molecule has 0 radical (unpaired) electrons. The van der Waals surface area contributed by atoms with E-state index in [1.165, 1.54) is 5.56 Å². The third kappa shape index (κ3) is 4.96. The average Bonchev–Trinajstić information content (AvgIpc) is 2.36. The van der Waals surface area contributed by atoms with Crippen LogP contribution < -0.4 is 11.1 Å². The largest absolute Gasteiger partial charge is 0.444 e. The lowest BCUT2D eigenvalue weighted by atomic mass is 9.81. The number of nitrogens with one attached hydrogen (secondary N) is 1. The lowest BCUT2D eigenvalue weighted by molar-refractivity contribution is 0.0490. The highest BCUT2D eigenvalue weighted by atomic mass is 16.6. The summed E-state index contributed by atoms with van der Waals surface area (Å²) in [6.07, 6.45) is 3.90. The molecule has 0 saturated heterocycles. The van der Waals surface area contributed by atoms with Gasteiger partial charge in [0.25, 0.3) is 0 Å². The Bertz CT molecular complexity index is 494. The predicted molar refractivity (Wildman–Crippen MR) is 85.2 cm³/mol. The Balaban J connectivity index is 1.93. The average molecular weight is 290 g/mol. The molecule has 0 aromatic heterocycles. The number of hydrogen-bond donors (Lipinski definition) is 2. The van der Waals surface area contributed by atoms with Crippen LogP contribution in [-0.4, -0.2) is 17.7 Å². The number of nitrogen functional groups attached to an aromatic ring is 1. The minimum atomic E-state index is -0.452. The molecule has 0 bridgehead atoms. The monoisotopic (exact) mass is 290 g/mol. The molecule has 0 unspecified atom stereocenters. The van der Waals surface area contributed by atoms with E-state index in [0.717, 1.165) is 31.4 Å². The Kier molecular flexibility index (Phi) is 4.76. The highest BCUT2D eigenvalue weighted by Gasteiger charge is 2.26. The fraction of sp³-hybridized carbons (Fsp3) is 0.588. The maximum absolute atomic E-state index is 11.9. The SMILES string of the molecule is CC(C)(C)OC(=O)N[C@H]1CCC[C@@H](c2cccc(N)c2)C1. The van der Waals surface area contributed by atoms with Crippen molar-refractivity contribution in [3.8, 4) is 0 Å². The Morgan fingerprint density at radius 2 is 2.10 bits per heavy atom. The lowest BCUT2D eigenvalue weighted by Crippen LogP contribution is -2.41. The summed E-state index contributed by atoms with van der Waals surface area (Å²) in [5, 5.41) is 3.00. The summed E-state index contributed by atoms with van der Waals surface area (Å²) in [5.41, 5.74) is 7.48. The Morgan fingerprint density at radius 1 is 1.33 bits per heavy atom. The van der Waals surface area contributed by atoms with Crippen LogP contribution in [0.15, 0.2) is 24.3 Å². The fourth-order valence-corrected chi connectivity index (χ4v) is 2.91. The van der Waals surface area contributed by atoms with Crippen molar-refractivity contribution in [2.45, 2.75) is 64.0 Å². The molecule has 1 saturated carbocycles. The topological polar surface area (TPSA) is 64.3 Å². The van der Waals surface area contributed by atoms with Gasteiger partial charge in [0.05, 0.1) is 0 Å². The molecule has 3 N–H and O–H groups in total. The van der Waals surface area contributed by atoms with E-state index >= 15 is 0 Å². The van der Waals surface area contributed by atoms with Crippen LogP contribution >= 0.6 is 0 Å². The lowest BCUT2D eigenvalue weighted by Gasteiger charge is -2.31. The van der Waals surface area contributed by atoms with E-state index in [4.69, 9.17) is 10.5 Å². The first kappa shape index (κ1) is 15.7. The molecule has 1 fully saturated rings. The van der Waals surface area contributed by atoms with Crippen molar-refractivity contribution < 1.29 is 9.53 Å². The number of amides is 1. The highest BCUT2D eigenvalue weighted by molar-refractivity contribution is 5.68. The summed E-state index contributed by atoms with van der Waals surface area (Å²) in [5.74, 6) is 0.460. The van der Waals surface area contributed by atoms with Crippen LogP contribution in [-0.2, 0) is 4.74 Å². The number of carbonyl (C=O) groups excluding carboxylic acids is 1. The summed E-state index contributed by atoms with van der Waals surface area (Å²) >= 11 is 0. The molecule has 2 atom stereocenters. The molecular formula is C17H26N2O2. The zero-order valence-electron chi connectivity index (χ0n) is 13.2. The number of alkyl carbamates (subject to hydrolysis) is 1. The number of ether oxygens (including phenoxy) is 1. The minimum absolute atomic E-state index is 0.181. The van der Waals surface area contributed by atoms with Crippen molar-refractivity contribution in [3.05, 3.63) is 29.8 Å². The van der Waals surface area contributed by atoms with Crippen molar-refractivity contribution >= 4 is 11.8 Å². The Morgan fingerprint density at radius 3 is 2.76 bits per heavy atom. The number of rotatable bonds is 2. The molecule has 4 nitrogen and oxygen atoms in total. The van der Waals surface area contributed by atoms with Crippen molar-refractivity contribution in [2.75, 3.05) is 5.73 Å². The molecule has 4 heteroatoms. The van der Waals surface area contributed by atoms with Crippen LogP contribution in [0.5, 0.6) is 0 Å². The van der Waals surface area contributed by atoms with E-state index < -0.39 is 5.60 Å². The van der Waals surface area contributed by atoms with Gasteiger partial charge in [0.2, 0.25) is 0 Å². The second-order valence-electron chi connectivity index (χ2n) is 6.88. The molecule has 116 valence electrons. The minimum Gasteiger partial charge on any atom is -0.444 e. The quantitative estimate of drug-likeness (QED) is 0.814. The van der Waals surface area contributed by atoms with E-state index in [9.17, 15) is 4.79 Å². The van der Waals surface area contributed by atoms with Crippen molar-refractivity contribution in [3.63, 3.8) is 0 Å². The molecule has 2 rings (SSSR count). The van der Waals surface area contributed by atoms with E-state index in [1.54, 1.807) is 0 Å².